The fourth-order valence-electron chi connectivity index (χ4n) is 2.01. The van der Waals surface area contributed by atoms with Gasteiger partial charge in [-0.15, -0.1) is 0 Å². The zero-order valence-corrected chi connectivity index (χ0v) is 10.9. The van der Waals surface area contributed by atoms with E-state index in [-0.39, 0.29) is 5.91 Å². The van der Waals surface area contributed by atoms with Crippen molar-refractivity contribution >= 4 is 17.4 Å². The molecule has 5 heteroatoms. The molecule has 2 heterocycles. The van der Waals surface area contributed by atoms with Crippen LogP contribution in [0.4, 0.5) is 5.82 Å². The number of ether oxygens (including phenoxy) is 1. The number of hydrogen-bond donors (Lipinski definition) is 1. The minimum atomic E-state index is -0.245. The highest BCUT2D eigenvalue weighted by molar-refractivity contribution is 6.05. The van der Waals surface area contributed by atoms with E-state index < -0.39 is 0 Å². The van der Waals surface area contributed by atoms with Crippen molar-refractivity contribution in [3.05, 3.63) is 60.4 Å². The number of aromatic nitrogens is 2. The van der Waals surface area contributed by atoms with Crippen LogP contribution in [0, 0.1) is 0 Å². The molecule has 1 amide bonds. The molecule has 0 atom stereocenters. The van der Waals surface area contributed by atoms with E-state index in [1.54, 1.807) is 24.4 Å². The molecule has 0 saturated carbocycles. The molecular formula is C15H13N3O2. The molecule has 0 unspecified atom stereocenters. The lowest BCUT2D eigenvalue weighted by Gasteiger charge is -2.07. The van der Waals surface area contributed by atoms with Gasteiger partial charge in [-0.1, -0.05) is 18.2 Å². The van der Waals surface area contributed by atoms with Gasteiger partial charge in [-0.05, 0) is 24.3 Å². The van der Waals surface area contributed by atoms with Crippen molar-refractivity contribution in [2.75, 3.05) is 12.4 Å². The first-order valence-corrected chi connectivity index (χ1v) is 6.16. The molecule has 100 valence electrons. The van der Waals surface area contributed by atoms with Gasteiger partial charge in [-0.25, -0.2) is 4.98 Å². The van der Waals surface area contributed by atoms with Crippen molar-refractivity contribution in [3.8, 4) is 5.75 Å². The summed E-state index contributed by atoms with van der Waals surface area (Å²) in [5.74, 6) is 0.798. The second kappa shape index (κ2) is 5.05. The number of benzene rings is 1. The highest BCUT2D eigenvalue weighted by atomic mass is 16.5. The monoisotopic (exact) mass is 267 g/mol. The summed E-state index contributed by atoms with van der Waals surface area (Å²) in [6, 6.07) is 12.7. The Labute approximate surface area is 115 Å². The first-order valence-electron chi connectivity index (χ1n) is 6.16. The molecule has 0 aliphatic rings. The molecule has 0 saturated heterocycles. The van der Waals surface area contributed by atoms with Gasteiger partial charge in [0, 0.05) is 6.20 Å². The lowest BCUT2D eigenvalue weighted by atomic mass is 10.2. The first kappa shape index (κ1) is 12.2. The van der Waals surface area contributed by atoms with Crippen LogP contribution in [0.3, 0.4) is 0 Å². The predicted molar refractivity (Wildman–Crippen MR) is 76.1 cm³/mol. The summed E-state index contributed by atoms with van der Waals surface area (Å²) in [5, 5.41) is 2.77. The van der Waals surface area contributed by atoms with Crippen molar-refractivity contribution < 1.29 is 9.53 Å². The van der Waals surface area contributed by atoms with Crippen molar-refractivity contribution in [3.63, 3.8) is 0 Å². The Hall–Kier alpha value is -2.82. The van der Waals surface area contributed by atoms with E-state index in [1.165, 1.54) is 7.11 Å². The predicted octanol–water partition coefficient (Wildman–Crippen LogP) is 2.60. The van der Waals surface area contributed by atoms with E-state index in [2.05, 4.69) is 10.3 Å². The summed E-state index contributed by atoms with van der Waals surface area (Å²) in [7, 11) is 1.54. The number of carbonyl (C=O) groups excluding carboxylic acids is 1. The van der Waals surface area contributed by atoms with E-state index in [0.29, 0.717) is 17.1 Å². The molecule has 1 aromatic carbocycles. The van der Waals surface area contributed by atoms with Gasteiger partial charge in [-0.2, -0.15) is 0 Å². The molecule has 5 nitrogen and oxygen atoms in total. The molecule has 20 heavy (non-hydrogen) atoms. The minimum Gasteiger partial charge on any atom is -0.496 e. The van der Waals surface area contributed by atoms with Crippen LogP contribution in [0.1, 0.15) is 10.4 Å². The van der Waals surface area contributed by atoms with Gasteiger partial charge in [0.1, 0.15) is 11.4 Å². The molecule has 0 spiro atoms. The van der Waals surface area contributed by atoms with Crippen LogP contribution in [0.25, 0.3) is 5.65 Å². The second-order valence-electron chi connectivity index (χ2n) is 4.25. The lowest BCUT2D eigenvalue weighted by molar-refractivity contribution is 0.102. The van der Waals surface area contributed by atoms with Gasteiger partial charge in [0.2, 0.25) is 0 Å². The number of fused-ring (bicyclic) bond motifs is 1. The number of nitrogens with zero attached hydrogens (tertiary/aromatic N) is 2. The summed E-state index contributed by atoms with van der Waals surface area (Å²) in [6.07, 6.45) is 3.64. The van der Waals surface area contributed by atoms with Crippen molar-refractivity contribution in [2.24, 2.45) is 0 Å². The molecule has 3 rings (SSSR count). The number of para-hydroxylation sites is 1. The topological polar surface area (TPSA) is 55.6 Å². The summed E-state index contributed by atoms with van der Waals surface area (Å²) in [4.78, 5) is 16.6. The molecular weight excluding hydrogens is 254 g/mol. The zero-order chi connectivity index (χ0) is 13.9. The average molecular weight is 267 g/mol. The Morgan fingerprint density at radius 1 is 1.20 bits per heavy atom. The normalized spacial score (nSPS) is 10.4. The maximum Gasteiger partial charge on any atom is 0.260 e. The van der Waals surface area contributed by atoms with Crippen LogP contribution >= 0.6 is 0 Å². The maximum absolute atomic E-state index is 12.2. The van der Waals surface area contributed by atoms with E-state index >= 15 is 0 Å². The van der Waals surface area contributed by atoms with Crippen LogP contribution in [-0.2, 0) is 0 Å². The first-order chi connectivity index (χ1) is 9.78. The Bertz CT molecular complexity index is 731. The number of anilines is 1. The zero-order valence-electron chi connectivity index (χ0n) is 10.9. The Morgan fingerprint density at radius 3 is 2.80 bits per heavy atom. The minimum absolute atomic E-state index is 0.245. The van der Waals surface area contributed by atoms with Crippen molar-refractivity contribution in [1.82, 2.24) is 9.38 Å². The van der Waals surface area contributed by atoms with Gasteiger partial charge in [0.05, 0.1) is 18.9 Å². The number of rotatable bonds is 3. The Morgan fingerprint density at radius 2 is 2.00 bits per heavy atom. The SMILES string of the molecule is COc1ccccc1C(=O)Nc1cn2ccccc2n1. The van der Waals surface area contributed by atoms with Crippen molar-refractivity contribution in [2.45, 2.75) is 0 Å². The number of imidazole rings is 1. The van der Waals surface area contributed by atoms with Crippen LogP contribution in [0.15, 0.2) is 54.9 Å². The van der Waals surface area contributed by atoms with Crippen LogP contribution in [0.5, 0.6) is 5.75 Å². The molecule has 0 radical (unpaired) electrons. The largest absolute Gasteiger partial charge is 0.496 e. The number of pyridine rings is 1. The van der Waals surface area contributed by atoms with Crippen LogP contribution < -0.4 is 10.1 Å². The molecule has 2 aromatic heterocycles. The van der Waals surface area contributed by atoms with Gasteiger partial charge in [0.15, 0.2) is 5.82 Å². The fourth-order valence-corrected chi connectivity index (χ4v) is 2.01. The highest BCUT2D eigenvalue weighted by Gasteiger charge is 2.12. The van der Waals surface area contributed by atoms with Crippen LogP contribution in [0.2, 0.25) is 0 Å². The lowest BCUT2D eigenvalue weighted by Crippen LogP contribution is -2.13. The highest BCUT2D eigenvalue weighted by Crippen LogP contribution is 2.19. The molecule has 0 aliphatic carbocycles. The summed E-state index contributed by atoms with van der Waals surface area (Å²) < 4.78 is 7.02. The average Bonchev–Trinajstić information content (AvgIpc) is 2.89. The number of methoxy groups -OCH3 is 1. The summed E-state index contributed by atoms with van der Waals surface area (Å²) in [5.41, 5.74) is 1.26. The third kappa shape index (κ3) is 2.21. The fraction of sp³-hybridized carbons (Fsp3) is 0.0667. The third-order valence-corrected chi connectivity index (χ3v) is 2.96. The van der Waals surface area contributed by atoms with Gasteiger partial charge in [0.25, 0.3) is 5.91 Å². The third-order valence-electron chi connectivity index (χ3n) is 2.96. The Kier molecular flexibility index (Phi) is 3.09. The standard InChI is InChI=1S/C15H13N3O2/c1-20-12-7-3-2-6-11(12)15(19)17-13-10-18-9-5-4-8-14(18)16-13/h2-10H,1H3,(H,17,19). The summed E-state index contributed by atoms with van der Waals surface area (Å²) in [6.45, 7) is 0. The molecule has 3 aromatic rings. The second-order valence-corrected chi connectivity index (χ2v) is 4.25. The summed E-state index contributed by atoms with van der Waals surface area (Å²) >= 11 is 0. The molecule has 0 fully saturated rings. The molecule has 1 N–H and O–H groups in total. The number of amides is 1. The number of carbonyl (C=O) groups is 1. The van der Waals surface area contributed by atoms with E-state index in [9.17, 15) is 4.79 Å². The quantitative estimate of drug-likeness (QED) is 0.793. The van der Waals surface area contributed by atoms with E-state index in [0.717, 1.165) is 5.65 Å². The number of hydrogen-bond acceptors (Lipinski definition) is 3. The Balaban J connectivity index is 1.88. The van der Waals surface area contributed by atoms with Crippen molar-refractivity contribution in [1.29, 1.82) is 0 Å². The molecule has 0 bridgehead atoms. The maximum atomic E-state index is 12.2. The van der Waals surface area contributed by atoms with Crippen LogP contribution in [-0.4, -0.2) is 22.4 Å². The van der Waals surface area contributed by atoms with E-state index in [4.69, 9.17) is 4.74 Å². The van der Waals surface area contributed by atoms with E-state index in [1.807, 2.05) is 34.9 Å². The molecule has 0 aliphatic heterocycles. The smallest absolute Gasteiger partial charge is 0.260 e. The number of nitrogens with one attached hydrogen (secondary N) is 1. The van der Waals surface area contributed by atoms with Gasteiger partial charge < -0.3 is 14.5 Å². The van der Waals surface area contributed by atoms with Gasteiger partial charge >= 0.3 is 0 Å². The van der Waals surface area contributed by atoms with Gasteiger partial charge in [-0.3, -0.25) is 4.79 Å².